The van der Waals surface area contributed by atoms with Gasteiger partial charge in [0.1, 0.15) is 12.2 Å². The molecule has 2 aromatic rings. The van der Waals surface area contributed by atoms with Crippen LogP contribution in [0.5, 0.6) is 0 Å². The SMILES string of the molecule is O=Cc1cn(Cc2ncno2)nn1. The van der Waals surface area contributed by atoms with Crippen LogP contribution in [0.4, 0.5) is 0 Å². The molecular weight excluding hydrogens is 174 g/mol. The van der Waals surface area contributed by atoms with Gasteiger partial charge in [0.2, 0.25) is 5.89 Å². The largest absolute Gasteiger partial charge is 0.338 e. The summed E-state index contributed by atoms with van der Waals surface area (Å²) in [6, 6.07) is 0. The topological polar surface area (TPSA) is 86.7 Å². The van der Waals surface area contributed by atoms with Gasteiger partial charge in [0.15, 0.2) is 12.6 Å². The molecule has 0 radical (unpaired) electrons. The predicted molar refractivity (Wildman–Crippen MR) is 38.8 cm³/mol. The molecule has 0 amide bonds. The monoisotopic (exact) mass is 179 g/mol. The van der Waals surface area contributed by atoms with Gasteiger partial charge >= 0.3 is 0 Å². The molecule has 0 spiro atoms. The van der Waals surface area contributed by atoms with E-state index < -0.39 is 0 Å². The van der Waals surface area contributed by atoms with E-state index in [2.05, 4.69) is 20.5 Å². The fourth-order valence-corrected chi connectivity index (χ4v) is 0.849. The van der Waals surface area contributed by atoms with Crippen molar-refractivity contribution in [1.29, 1.82) is 0 Å². The van der Waals surface area contributed by atoms with Crippen molar-refractivity contribution in [3.63, 3.8) is 0 Å². The summed E-state index contributed by atoms with van der Waals surface area (Å²) in [5, 5.41) is 10.7. The minimum atomic E-state index is 0.277. The molecule has 0 N–H and O–H groups in total. The Balaban J connectivity index is 2.14. The zero-order chi connectivity index (χ0) is 9.10. The molecule has 0 fully saturated rings. The second-order valence-electron chi connectivity index (χ2n) is 2.29. The van der Waals surface area contributed by atoms with Gasteiger partial charge in [0, 0.05) is 0 Å². The molecule has 0 atom stereocenters. The summed E-state index contributed by atoms with van der Waals surface area (Å²) in [6.07, 6.45) is 3.42. The lowest BCUT2D eigenvalue weighted by Crippen LogP contribution is -2.00. The van der Waals surface area contributed by atoms with Gasteiger partial charge in [-0.25, -0.2) is 4.68 Å². The van der Waals surface area contributed by atoms with E-state index in [0.29, 0.717) is 18.7 Å². The lowest BCUT2D eigenvalue weighted by Gasteiger charge is -1.90. The van der Waals surface area contributed by atoms with Crippen LogP contribution in [0.3, 0.4) is 0 Å². The first-order valence-corrected chi connectivity index (χ1v) is 3.49. The smallest absolute Gasteiger partial charge is 0.248 e. The van der Waals surface area contributed by atoms with Crippen molar-refractivity contribution in [3.05, 3.63) is 24.1 Å². The first-order valence-electron chi connectivity index (χ1n) is 3.49. The van der Waals surface area contributed by atoms with E-state index in [4.69, 9.17) is 4.52 Å². The molecule has 0 aliphatic carbocycles. The van der Waals surface area contributed by atoms with Crippen LogP contribution in [-0.4, -0.2) is 31.4 Å². The van der Waals surface area contributed by atoms with E-state index >= 15 is 0 Å². The Hall–Kier alpha value is -2.05. The third kappa shape index (κ3) is 1.58. The molecule has 0 aliphatic rings. The van der Waals surface area contributed by atoms with Gasteiger partial charge in [-0.3, -0.25) is 4.79 Å². The molecule has 2 rings (SSSR count). The zero-order valence-corrected chi connectivity index (χ0v) is 6.49. The molecule has 7 heteroatoms. The highest BCUT2D eigenvalue weighted by molar-refractivity contribution is 5.70. The standard InChI is InChI=1S/C6H5N5O2/c12-3-5-1-11(10-9-5)2-6-7-4-8-13-6/h1,3-4H,2H2. The molecule has 13 heavy (non-hydrogen) atoms. The molecule has 0 saturated carbocycles. The lowest BCUT2D eigenvalue weighted by atomic mass is 10.5. The number of hydrogen-bond donors (Lipinski definition) is 0. The summed E-state index contributed by atoms with van der Waals surface area (Å²) in [5.41, 5.74) is 0.277. The number of carbonyl (C=O) groups is 1. The van der Waals surface area contributed by atoms with Crippen LogP contribution >= 0.6 is 0 Å². The van der Waals surface area contributed by atoms with Gasteiger partial charge in [0.05, 0.1) is 6.20 Å². The lowest BCUT2D eigenvalue weighted by molar-refractivity contribution is 0.111. The summed E-state index contributed by atoms with van der Waals surface area (Å²) < 4.78 is 6.18. The highest BCUT2D eigenvalue weighted by Crippen LogP contribution is 1.95. The number of carbonyl (C=O) groups excluding carboxylic acids is 1. The van der Waals surface area contributed by atoms with Gasteiger partial charge in [-0.1, -0.05) is 10.4 Å². The van der Waals surface area contributed by atoms with Crippen LogP contribution in [0.15, 0.2) is 17.0 Å². The molecule has 7 nitrogen and oxygen atoms in total. The van der Waals surface area contributed by atoms with E-state index in [-0.39, 0.29) is 5.69 Å². The van der Waals surface area contributed by atoms with Crippen LogP contribution in [0.1, 0.15) is 16.4 Å². The van der Waals surface area contributed by atoms with Crippen molar-refractivity contribution in [2.45, 2.75) is 6.54 Å². The van der Waals surface area contributed by atoms with Crippen LogP contribution in [-0.2, 0) is 6.54 Å². The Morgan fingerprint density at radius 3 is 3.15 bits per heavy atom. The molecule has 0 aromatic carbocycles. The molecule has 2 heterocycles. The maximum Gasteiger partial charge on any atom is 0.248 e. The average molecular weight is 179 g/mol. The molecule has 2 aromatic heterocycles. The van der Waals surface area contributed by atoms with Crippen LogP contribution in [0.25, 0.3) is 0 Å². The second-order valence-corrected chi connectivity index (χ2v) is 2.29. The summed E-state index contributed by atoms with van der Waals surface area (Å²) in [6.45, 7) is 0.320. The highest BCUT2D eigenvalue weighted by Gasteiger charge is 2.03. The Morgan fingerprint density at radius 2 is 2.54 bits per heavy atom. The van der Waals surface area contributed by atoms with E-state index in [0.717, 1.165) is 0 Å². The molecule has 0 bridgehead atoms. The van der Waals surface area contributed by atoms with E-state index in [9.17, 15) is 4.79 Å². The quantitative estimate of drug-likeness (QED) is 0.591. The van der Waals surface area contributed by atoms with Crippen molar-refractivity contribution in [2.24, 2.45) is 0 Å². The van der Waals surface area contributed by atoms with E-state index in [1.165, 1.54) is 17.2 Å². The number of aldehydes is 1. The van der Waals surface area contributed by atoms with Crippen LogP contribution in [0.2, 0.25) is 0 Å². The van der Waals surface area contributed by atoms with Gasteiger partial charge in [-0.15, -0.1) is 5.10 Å². The first-order chi connectivity index (χ1) is 6.38. The van der Waals surface area contributed by atoms with Gasteiger partial charge in [-0.2, -0.15) is 4.98 Å². The Kier molecular flexibility index (Phi) is 1.83. The van der Waals surface area contributed by atoms with E-state index in [1.54, 1.807) is 0 Å². The van der Waals surface area contributed by atoms with Crippen molar-refractivity contribution in [1.82, 2.24) is 25.1 Å². The molecule has 66 valence electrons. The van der Waals surface area contributed by atoms with Gasteiger partial charge in [-0.05, 0) is 0 Å². The van der Waals surface area contributed by atoms with Crippen molar-refractivity contribution >= 4 is 6.29 Å². The minimum Gasteiger partial charge on any atom is -0.338 e. The number of hydrogen-bond acceptors (Lipinski definition) is 6. The predicted octanol–water partition coefficient (Wildman–Crippen LogP) is -0.478. The minimum absolute atomic E-state index is 0.277. The normalized spacial score (nSPS) is 10.2. The number of nitrogens with zero attached hydrogens (tertiary/aromatic N) is 5. The van der Waals surface area contributed by atoms with E-state index in [1.807, 2.05) is 0 Å². The maximum atomic E-state index is 10.3. The van der Waals surface area contributed by atoms with Crippen LogP contribution in [0, 0.1) is 0 Å². The summed E-state index contributed by atoms with van der Waals surface area (Å²) in [5.74, 6) is 0.419. The fraction of sp³-hybridized carbons (Fsp3) is 0.167. The fourth-order valence-electron chi connectivity index (χ4n) is 0.849. The van der Waals surface area contributed by atoms with Crippen molar-refractivity contribution in [2.75, 3.05) is 0 Å². The van der Waals surface area contributed by atoms with Gasteiger partial charge < -0.3 is 4.52 Å². The second kappa shape index (κ2) is 3.13. The van der Waals surface area contributed by atoms with Gasteiger partial charge in [0.25, 0.3) is 0 Å². The van der Waals surface area contributed by atoms with Crippen molar-refractivity contribution < 1.29 is 9.32 Å². The molecule has 0 aliphatic heterocycles. The summed E-state index contributed by atoms with van der Waals surface area (Å²) in [4.78, 5) is 14.0. The Labute approximate surface area is 72.4 Å². The Morgan fingerprint density at radius 1 is 1.62 bits per heavy atom. The summed E-state index contributed by atoms with van der Waals surface area (Å²) in [7, 11) is 0. The third-order valence-corrected chi connectivity index (χ3v) is 1.38. The highest BCUT2D eigenvalue weighted by atomic mass is 16.5. The molecular formula is C6H5N5O2. The maximum absolute atomic E-state index is 10.3. The van der Waals surface area contributed by atoms with Crippen molar-refractivity contribution in [3.8, 4) is 0 Å². The molecule has 0 saturated heterocycles. The summed E-state index contributed by atoms with van der Waals surface area (Å²) >= 11 is 0. The number of aromatic nitrogens is 5. The number of rotatable bonds is 3. The average Bonchev–Trinajstić information content (AvgIpc) is 2.76. The zero-order valence-electron chi connectivity index (χ0n) is 6.49. The van der Waals surface area contributed by atoms with Crippen LogP contribution < -0.4 is 0 Å². The Bertz CT molecular complexity index is 393. The molecule has 0 unspecified atom stereocenters. The first kappa shape index (κ1) is 7.59. The third-order valence-electron chi connectivity index (χ3n) is 1.38.